The molecule has 0 aliphatic heterocycles. The molecule has 1 rings (SSSR count). The third kappa shape index (κ3) is 26.0. The molecule has 11 atom stereocenters. The second-order valence-corrected chi connectivity index (χ2v) is 18.4. The molecule has 1 aromatic heterocycles. The molecule has 77 heavy (non-hydrogen) atoms. The van der Waals surface area contributed by atoms with Crippen LogP contribution in [0.15, 0.2) is 12.5 Å². The van der Waals surface area contributed by atoms with Crippen LogP contribution in [0.1, 0.15) is 98.1 Å². The number of nitrogens with two attached hydrogens (primary N) is 3. The highest BCUT2D eigenvalue weighted by molar-refractivity contribution is 5.98. The van der Waals surface area contributed by atoms with Crippen molar-refractivity contribution in [1.29, 1.82) is 0 Å². The number of unbranched alkanes of at least 4 members (excludes halogenated alkanes) is 1. The summed E-state index contributed by atoms with van der Waals surface area (Å²) in [7, 11) is 0. The van der Waals surface area contributed by atoms with Gasteiger partial charge >= 0.3 is 17.9 Å². The number of aliphatic hydroxyl groups is 2. The molecule has 0 spiro atoms. The number of carbonyl (C=O) groups excluding carboxylic acids is 10. The highest BCUT2D eigenvalue weighted by Crippen LogP contribution is 2.10. The van der Waals surface area contributed by atoms with Crippen LogP contribution in [-0.4, -0.2) is 192 Å². The first-order valence-corrected chi connectivity index (χ1v) is 24.4. The first-order valence-electron chi connectivity index (χ1n) is 24.4. The molecule has 32 nitrogen and oxygen atoms in total. The van der Waals surface area contributed by atoms with Crippen LogP contribution in [0.2, 0.25) is 0 Å². The predicted molar refractivity (Wildman–Crippen MR) is 265 cm³/mol. The SMILES string of the molecule is CC(C)C[C@H](NC(=O)[C@H](C)NC(=O)[C@@H](N)[C@@H](C)O)C(=O)N[C@H](C(=O)N[C@@H](CCC(N)=O)C(=O)N[C@@H](Cc1cnc[nH]1)C(=O)NCC(=O)N[C@@H](CCCCN)C(=O)N[C@@H](CCC(=O)O)C(=O)N[C@@H](CC(=O)O)C(=O)O)[C@@H](C)O. The summed E-state index contributed by atoms with van der Waals surface area (Å²) in [4.78, 5) is 173. The molecule has 0 aliphatic rings. The molecular weight excluding hydrogens is 1020 g/mol. The summed E-state index contributed by atoms with van der Waals surface area (Å²) >= 11 is 0. The smallest absolute Gasteiger partial charge is 0.326 e. The van der Waals surface area contributed by atoms with Crippen molar-refractivity contribution in [3.63, 3.8) is 0 Å². The van der Waals surface area contributed by atoms with Gasteiger partial charge in [-0.25, -0.2) is 9.78 Å². The summed E-state index contributed by atoms with van der Waals surface area (Å²) in [5.74, 6) is -15.2. The average Bonchev–Trinajstić information content (AvgIpc) is 3.86. The highest BCUT2D eigenvalue weighted by Gasteiger charge is 2.36. The Labute approximate surface area is 441 Å². The number of carboxylic acid groups (broad SMARTS) is 3. The van der Waals surface area contributed by atoms with E-state index in [1.54, 1.807) is 13.8 Å². The van der Waals surface area contributed by atoms with Gasteiger partial charge in [0.1, 0.15) is 54.4 Å². The number of carbonyl (C=O) groups is 13. The number of nitrogens with one attached hydrogen (secondary N) is 10. The normalized spacial score (nSPS) is 15.4. The number of hydrogen-bond donors (Lipinski definition) is 18. The fourth-order valence-electron chi connectivity index (χ4n) is 6.92. The number of nitrogens with zero attached hydrogens (tertiary/aromatic N) is 1. The van der Waals surface area contributed by atoms with Crippen molar-refractivity contribution >= 4 is 77.0 Å². The lowest BCUT2D eigenvalue weighted by molar-refractivity contribution is -0.147. The zero-order valence-electron chi connectivity index (χ0n) is 43.3. The maximum Gasteiger partial charge on any atom is 0.326 e. The summed E-state index contributed by atoms with van der Waals surface area (Å²) in [6.07, 6.45) is -3.65. The van der Waals surface area contributed by atoms with E-state index in [0.717, 1.165) is 6.92 Å². The van der Waals surface area contributed by atoms with Crippen LogP contribution in [-0.2, 0) is 68.7 Å². The van der Waals surface area contributed by atoms with Gasteiger partial charge in [-0.05, 0) is 71.8 Å². The molecule has 0 bridgehead atoms. The highest BCUT2D eigenvalue weighted by atomic mass is 16.4. The third-order valence-electron chi connectivity index (χ3n) is 11.2. The van der Waals surface area contributed by atoms with Gasteiger partial charge in [-0.1, -0.05) is 13.8 Å². The van der Waals surface area contributed by atoms with E-state index < -0.39 is 182 Å². The van der Waals surface area contributed by atoms with Crippen molar-refractivity contribution in [2.75, 3.05) is 13.1 Å². The van der Waals surface area contributed by atoms with Crippen molar-refractivity contribution in [1.82, 2.24) is 57.8 Å². The monoisotopic (exact) mass is 1100 g/mol. The van der Waals surface area contributed by atoms with E-state index in [1.165, 1.54) is 26.4 Å². The molecule has 0 radical (unpaired) electrons. The minimum absolute atomic E-state index is 0.0111. The van der Waals surface area contributed by atoms with E-state index in [4.69, 9.17) is 22.3 Å². The second-order valence-electron chi connectivity index (χ2n) is 18.4. The quantitative estimate of drug-likeness (QED) is 0.0275. The van der Waals surface area contributed by atoms with Crippen LogP contribution in [0.4, 0.5) is 0 Å². The number of aromatic nitrogens is 2. The van der Waals surface area contributed by atoms with Crippen LogP contribution < -0.4 is 65.1 Å². The molecule has 0 unspecified atom stereocenters. The summed E-state index contributed by atoms with van der Waals surface area (Å²) in [5.41, 5.74) is 16.9. The number of aromatic amines is 1. The van der Waals surface area contributed by atoms with Crippen molar-refractivity contribution in [3.05, 3.63) is 18.2 Å². The molecule has 0 saturated carbocycles. The number of aliphatic hydroxyl groups excluding tert-OH is 2. The maximum atomic E-state index is 14.0. The summed E-state index contributed by atoms with van der Waals surface area (Å²) < 4.78 is 0. The molecule has 21 N–H and O–H groups in total. The van der Waals surface area contributed by atoms with E-state index in [-0.39, 0.29) is 43.8 Å². The lowest BCUT2D eigenvalue weighted by Gasteiger charge is -2.28. The average molecular weight is 1100 g/mol. The Hall–Kier alpha value is -7.84. The molecule has 432 valence electrons. The lowest BCUT2D eigenvalue weighted by atomic mass is 10.0. The Morgan fingerprint density at radius 2 is 1.12 bits per heavy atom. The molecular formula is C45H74N14O18. The fourth-order valence-corrected chi connectivity index (χ4v) is 6.92. The van der Waals surface area contributed by atoms with Gasteiger partial charge < -0.3 is 95.6 Å². The number of primary amides is 1. The largest absolute Gasteiger partial charge is 0.481 e. The number of carboxylic acids is 3. The van der Waals surface area contributed by atoms with Crippen molar-refractivity contribution < 1.29 is 87.9 Å². The van der Waals surface area contributed by atoms with E-state index in [2.05, 4.69) is 52.5 Å². The number of imidazole rings is 1. The number of H-pyrrole nitrogens is 1. The second kappa shape index (κ2) is 34.0. The molecule has 0 saturated heterocycles. The van der Waals surface area contributed by atoms with E-state index in [1.807, 2.05) is 5.32 Å². The number of hydrogen-bond acceptors (Lipinski definition) is 18. The molecule has 1 heterocycles. The van der Waals surface area contributed by atoms with Crippen LogP contribution in [0, 0.1) is 5.92 Å². The van der Waals surface area contributed by atoms with Gasteiger partial charge in [-0.15, -0.1) is 0 Å². The minimum atomic E-state index is -1.96. The third-order valence-corrected chi connectivity index (χ3v) is 11.2. The van der Waals surface area contributed by atoms with E-state index >= 15 is 0 Å². The van der Waals surface area contributed by atoms with Crippen molar-refractivity contribution in [2.45, 2.75) is 165 Å². The Morgan fingerprint density at radius 3 is 1.61 bits per heavy atom. The van der Waals surface area contributed by atoms with Crippen LogP contribution in [0.25, 0.3) is 0 Å². The van der Waals surface area contributed by atoms with Crippen LogP contribution in [0.3, 0.4) is 0 Å². The topological polar surface area (TPSA) is 538 Å². The molecule has 0 aliphatic carbocycles. The van der Waals surface area contributed by atoms with E-state index in [0.29, 0.717) is 6.42 Å². The number of aliphatic carboxylic acids is 3. The minimum Gasteiger partial charge on any atom is -0.481 e. The Balaban J connectivity index is 3.37. The zero-order valence-corrected chi connectivity index (χ0v) is 43.3. The Morgan fingerprint density at radius 1 is 0.584 bits per heavy atom. The molecule has 1 aromatic rings. The van der Waals surface area contributed by atoms with Crippen LogP contribution >= 0.6 is 0 Å². The van der Waals surface area contributed by atoms with Gasteiger partial charge in [0, 0.05) is 31.2 Å². The van der Waals surface area contributed by atoms with Gasteiger partial charge in [0.25, 0.3) is 0 Å². The lowest BCUT2D eigenvalue weighted by Crippen LogP contribution is -2.61. The van der Waals surface area contributed by atoms with Gasteiger partial charge in [0.2, 0.25) is 59.1 Å². The summed E-state index contributed by atoms with van der Waals surface area (Å²) in [5, 5.41) is 68.8. The molecule has 10 amide bonds. The van der Waals surface area contributed by atoms with E-state index in [9.17, 15) is 82.8 Å². The number of rotatable bonds is 37. The van der Waals surface area contributed by atoms with Crippen LogP contribution in [0.5, 0.6) is 0 Å². The summed E-state index contributed by atoms with van der Waals surface area (Å²) in [6, 6.07) is -14.2. The van der Waals surface area contributed by atoms with Gasteiger partial charge in [-0.2, -0.15) is 0 Å². The molecule has 0 aromatic carbocycles. The first kappa shape index (κ1) is 67.2. The molecule has 0 fully saturated rings. The predicted octanol–water partition coefficient (Wildman–Crippen LogP) is -7.08. The maximum absolute atomic E-state index is 14.0. The Kier molecular flexibility index (Phi) is 29.6. The molecule has 32 heteroatoms. The van der Waals surface area contributed by atoms with Gasteiger partial charge in [0.05, 0.1) is 31.5 Å². The van der Waals surface area contributed by atoms with Gasteiger partial charge in [-0.3, -0.25) is 57.5 Å². The zero-order chi connectivity index (χ0) is 58.7. The summed E-state index contributed by atoms with van der Waals surface area (Å²) in [6.45, 7) is 6.40. The first-order chi connectivity index (χ1) is 36.0. The van der Waals surface area contributed by atoms with Crippen molar-refractivity contribution in [3.8, 4) is 0 Å². The number of amides is 10. The fraction of sp³-hybridized carbons (Fsp3) is 0.644. The van der Waals surface area contributed by atoms with Crippen molar-refractivity contribution in [2.24, 2.45) is 23.1 Å². The standard InChI is InChI=1S/C45H74N14O18/c1-20(2)14-28(56-37(68)21(3)52-43(74)35(48)22(4)60)42(73)59-36(23(5)61)44(75)55-26(9-11-31(47)62)40(71)57-29(15-24-17-49-19-51-24)38(69)50-18-32(63)53-25(8-6-7-13-46)39(70)54-27(10-12-33(64)65)41(72)58-30(45(76)77)16-34(66)67/h17,19-23,25-30,35-36,60-61H,6-16,18,46,48H2,1-5H3,(H2,47,62)(H,49,51)(H,50,69)(H,52,74)(H,53,63)(H,54,70)(H,55,75)(H,56,68)(H,57,71)(H,58,72)(H,59,73)(H,64,65)(H,66,67)(H,76,77)/t21-,22+,23+,25-,26-,27-,28-,29-,30-,35-,36-/m0/s1. The Bertz CT molecular complexity index is 2210. The van der Waals surface area contributed by atoms with Gasteiger partial charge in [0.15, 0.2) is 0 Å².